The summed E-state index contributed by atoms with van der Waals surface area (Å²) in [5.41, 5.74) is 0.228. The molecule has 0 saturated heterocycles. The van der Waals surface area contributed by atoms with Crippen molar-refractivity contribution in [3.63, 3.8) is 0 Å². The SMILES string of the molecule is CS(=O)(=O)c1ccc(O)c(-c2ccc(C=O)o2)c1. The lowest BCUT2D eigenvalue weighted by Crippen LogP contribution is -1.96. The van der Waals surface area contributed by atoms with Crippen LogP contribution in [-0.4, -0.2) is 26.1 Å². The summed E-state index contributed by atoms with van der Waals surface area (Å²) in [5.74, 6) is 0.225. The summed E-state index contributed by atoms with van der Waals surface area (Å²) in [4.78, 5) is 10.6. The van der Waals surface area contributed by atoms with Crippen LogP contribution in [0.5, 0.6) is 5.75 Å². The fraction of sp³-hybridized carbons (Fsp3) is 0.0833. The number of sulfone groups is 1. The molecule has 0 aliphatic carbocycles. The fourth-order valence-electron chi connectivity index (χ4n) is 1.50. The monoisotopic (exact) mass is 266 g/mol. The maximum atomic E-state index is 11.4. The van der Waals surface area contributed by atoms with Crippen molar-refractivity contribution in [2.24, 2.45) is 0 Å². The van der Waals surface area contributed by atoms with Crippen LogP contribution in [0.3, 0.4) is 0 Å². The summed E-state index contributed by atoms with van der Waals surface area (Å²) >= 11 is 0. The predicted octanol–water partition coefficient (Wildman–Crippen LogP) is 1.87. The summed E-state index contributed by atoms with van der Waals surface area (Å²) in [6, 6.07) is 6.81. The molecule has 1 aromatic carbocycles. The molecule has 1 aromatic heterocycles. The van der Waals surface area contributed by atoms with Crippen LogP contribution in [0.4, 0.5) is 0 Å². The number of hydrogen-bond acceptors (Lipinski definition) is 5. The first-order valence-corrected chi connectivity index (χ1v) is 6.89. The number of carbonyl (C=O) groups excluding carboxylic acids is 1. The second-order valence-electron chi connectivity index (χ2n) is 3.77. The first kappa shape index (κ1) is 12.4. The van der Waals surface area contributed by atoms with Crippen molar-refractivity contribution in [2.45, 2.75) is 4.90 Å². The van der Waals surface area contributed by atoms with Crippen molar-refractivity contribution < 1.29 is 22.7 Å². The highest BCUT2D eigenvalue weighted by molar-refractivity contribution is 7.90. The van der Waals surface area contributed by atoms with Gasteiger partial charge in [0.2, 0.25) is 0 Å². The molecule has 1 N–H and O–H groups in total. The zero-order valence-corrected chi connectivity index (χ0v) is 10.3. The average Bonchev–Trinajstić information content (AvgIpc) is 2.76. The zero-order chi connectivity index (χ0) is 13.3. The van der Waals surface area contributed by atoms with Gasteiger partial charge in [0, 0.05) is 6.26 Å². The van der Waals surface area contributed by atoms with Gasteiger partial charge in [-0.3, -0.25) is 4.79 Å². The van der Waals surface area contributed by atoms with E-state index in [0.717, 1.165) is 6.26 Å². The maximum absolute atomic E-state index is 11.4. The topological polar surface area (TPSA) is 84.6 Å². The molecule has 0 aliphatic heterocycles. The van der Waals surface area contributed by atoms with E-state index < -0.39 is 9.84 Å². The number of carbonyl (C=O) groups is 1. The Morgan fingerprint density at radius 3 is 2.50 bits per heavy atom. The molecule has 0 aliphatic rings. The number of phenolic OH excluding ortho intramolecular Hbond substituents is 1. The standard InChI is InChI=1S/C12H10O5S/c1-18(15,16)9-3-4-11(14)10(6-9)12-5-2-8(7-13)17-12/h2-7,14H,1H3. The first-order valence-electron chi connectivity index (χ1n) is 5.00. The molecule has 5 nitrogen and oxygen atoms in total. The largest absolute Gasteiger partial charge is 0.507 e. The van der Waals surface area contributed by atoms with E-state index in [4.69, 9.17) is 4.42 Å². The highest BCUT2D eigenvalue weighted by atomic mass is 32.2. The third kappa shape index (κ3) is 2.28. The van der Waals surface area contributed by atoms with Crippen LogP contribution >= 0.6 is 0 Å². The molecule has 0 atom stereocenters. The molecule has 1 heterocycles. The normalized spacial score (nSPS) is 11.4. The summed E-state index contributed by atoms with van der Waals surface area (Å²) in [6.45, 7) is 0. The Kier molecular flexibility index (Phi) is 2.96. The summed E-state index contributed by atoms with van der Waals surface area (Å²) in [6.07, 6.45) is 1.60. The maximum Gasteiger partial charge on any atom is 0.185 e. The minimum Gasteiger partial charge on any atom is -0.507 e. The van der Waals surface area contributed by atoms with Gasteiger partial charge in [-0.05, 0) is 30.3 Å². The molecule has 0 saturated carbocycles. The highest BCUT2D eigenvalue weighted by Crippen LogP contribution is 2.32. The van der Waals surface area contributed by atoms with Gasteiger partial charge in [-0.15, -0.1) is 0 Å². The van der Waals surface area contributed by atoms with Crippen molar-refractivity contribution in [1.29, 1.82) is 0 Å². The van der Waals surface area contributed by atoms with Gasteiger partial charge in [0.05, 0.1) is 10.5 Å². The third-order valence-electron chi connectivity index (χ3n) is 2.40. The molecule has 6 heteroatoms. The number of furan rings is 1. The van der Waals surface area contributed by atoms with Crippen molar-refractivity contribution >= 4 is 16.1 Å². The van der Waals surface area contributed by atoms with Crippen LogP contribution in [0, 0.1) is 0 Å². The second kappa shape index (κ2) is 4.30. The van der Waals surface area contributed by atoms with Crippen LogP contribution in [0.15, 0.2) is 39.6 Å². The molecule has 94 valence electrons. The van der Waals surface area contributed by atoms with Crippen LogP contribution in [-0.2, 0) is 9.84 Å². The Morgan fingerprint density at radius 1 is 1.22 bits per heavy atom. The van der Waals surface area contributed by atoms with Crippen molar-refractivity contribution in [3.8, 4) is 17.1 Å². The van der Waals surface area contributed by atoms with E-state index >= 15 is 0 Å². The number of benzene rings is 1. The lowest BCUT2D eigenvalue weighted by atomic mass is 10.1. The van der Waals surface area contributed by atoms with E-state index in [1.165, 1.54) is 30.3 Å². The van der Waals surface area contributed by atoms with Crippen molar-refractivity contribution in [2.75, 3.05) is 6.26 Å². The van der Waals surface area contributed by atoms with Gasteiger partial charge in [0.25, 0.3) is 0 Å². The van der Waals surface area contributed by atoms with E-state index in [0.29, 0.717) is 6.29 Å². The Labute approximate surface area is 104 Å². The third-order valence-corrected chi connectivity index (χ3v) is 3.51. The van der Waals surface area contributed by atoms with E-state index in [1.807, 2.05) is 0 Å². The zero-order valence-electron chi connectivity index (χ0n) is 9.45. The summed E-state index contributed by atoms with van der Waals surface area (Å²) < 4.78 is 28.0. The molecule has 0 spiro atoms. The van der Waals surface area contributed by atoms with Crippen LogP contribution in [0.25, 0.3) is 11.3 Å². The lowest BCUT2D eigenvalue weighted by Gasteiger charge is -2.04. The summed E-state index contributed by atoms with van der Waals surface area (Å²) in [5, 5.41) is 9.69. The predicted molar refractivity (Wildman–Crippen MR) is 64.3 cm³/mol. The Balaban J connectivity index is 2.59. The molecular weight excluding hydrogens is 256 g/mol. The van der Waals surface area contributed by atoms with Gasteiger partial charge in [-0.1, -0.05) is 0 Å². The number of phenols is 1. The number of aldehydes is 1. The molecule has 0 fully saturated rings. The minimum atomic E-state index is -3.37. The highest BCUT2D eigenvalue weighted by Gasteiger charge is 2.14. The van der Waals surface area contributed by atoms with E-state index in [1.54, 1.807) is 0 Å². The molecule has 0 bridgehead atoms. The van der Waals surface area contributed by atoms with Gasteiger partial charge in [0.15, 0.2) is 21.9 Å². The molecule has 2 rings (SSSR count). The Bertz CT molecular complexity index is 697. The van der Waals surface area contributed by atoms with Crippen molar-refractivity contribution in [3.05, 3.63) is 36.1 Å². The average molecular weight is 266 g/mol. The Morgan fingerprint density at radius 2 is 1.94 bits per heavy atom. The molecule has 0 radical (unpaired) electrons. The van der Waals surface area contributed by atoms with Gasteiger partial charge in [-0.2, -0.15) is 0 Å². The molecular formula is C12H10O5S. The number of hydrogen-bond donors (Lipinski definition) is 1. The smallest absolute Gasteiger partial charge is 0.185 e. The second-order valence-corrected chi connectivity index (χ2v) is 5.79. The fourth-order valence-corrected chi connectivity index (χ4v) is 2.15. The molecule has 0 amide bonds. The van der Waals surface area contributed by atoms with Gasteiger partial charge < -0.3 is 9.52 Å². The van der Waals surface area contributed by atoms with E-state index in [2.05, 4.69) is 0 Å². The molecule has 2 aromatic rings. The summed E-state index contributed by atoms with van der Waals surface area (Å²) in [7, 11) is -3.37. The molecule has 18 heavy (non-hydrogen) atoms. The van der Waals surface area contributed by atoms with Gasteiger partial charge in [0.1, 0.15) is 11.5 Å². The Hall–Kier alpha value is -2.08. The first-order chi connectivity index (χ1) is 8.41. The van der Waals surface area contributed by atoms with Gasteiger partial charge in [-0.25, -0.2) is 8.42 Å². The van der Waals surface area contributed by atoms with E-state index in [9.17, 15) is 18.3 Å². The van der Waals surface area contributed by atoms with Crippen molar-refractivity contribution in [1.82, 2.24) is 0 Å². The quantitative estimate of drug-likeness (QED) is 0.857. The number of rotatable bonds is 3. The number of aromatic hydroxyl groups is 1. The van der Waals surface area contributed by atoms with Crippen LogP contribution < -0.4 is 0 Å². The van der Waals surface area contributed by atoms with E-state index in [-0.39, 0.29) is 27.7 Å². The molecule has 0 unspecified atom stereocenters. The van der Waals surface area contributed by atoms with Gasteiger partial charge >= 0.3 is 0 Å². The lowest BCUT2D eigenvalue weighted by molar-refractivity contribution is 0.110. The minimum absolute atomic E-state index is 0.0688. The van der Waals surface area contributed by atoms with Crippen LogP contribution in [0.2, 0.25) is 0 Å². The van der Waals surface area contributed by atoms with Crippen LogP contribution in [0.1, 0.15) is 10.6 Å².